The molecule has 1 radical (unpaired) electrons. The zero-order chi connectivity index (χ0) is 33.0. The number of hydrogen-bond donors (Lipinski definition) is 2. The van der Waals surface area contributed by atoms with Gasteiger partial charge in [-0.05, 0) is 88.8 Å². The van der Waals surface area contributed by atoms with Gasteiger partial charge in [0.2, 0.25) is 0 Å². The van der Waals surface area contributed by atoms with E-state index in [4.69, 9.17) is 10.2 Å². The molecule has 46 heavy (non-hydrogen) atoms. The average molecular weight is 704 g/mol. The number of carbonyl (C=O) groups excluding carboxylic acids is 2. The summed E-state index contributed by atoms with van der Waals surface area (Å²) in [5, 5.41) is 14.7. The first-order valence-corrected chi connectivity index (χ1v) is 15.4. The number of ether oxygens (including phenoxy) is 1. The minimum absolute atomic E-state index is 0. The number of carbonyl (C=O) groups is 2. The average Bonchev–Trinajstić information content (AvgIpc) is 3.36. The van der Waals surface area contributed by atoms with Crippen LogP contribution in [0.5, 0.6) is 0 Å². The van der Waals surface area contributed by atoms with Crippen molar-refractivity contribution in [3.05, 3.63) is 89.0 Å². The second-order valence-corrected chi connectivity index (χ2v) is 12.5. The fraction of sp³-hybridized carbons (Fsp3) is 0.417. The van der Waals surface area contributed by atoms with E-state index >= 15 is 0 Å². The molecule has 0 aliphatic carbocycles. The molecule has 1 aromatic heterocycles. The molecule has 0 saturated carbocycles. The Morgan fingerprint density at radius 2 is 1.78 bits per heavy atom. The number of aromatic nitrogens is 1. The normalized spacial score (nSPS) is 14.7. The third-order valence-electron chi connectivity index (χ3n) is 7.32. The molecule has 1 unspecified atom stereocenters. The van der Waals surface area contributed by atoms with E-state index in [1.165, 1.54) is 31.3 Å². The van der Waals surface area contributed by atoms with Crippen LogP contribution in [0.15, 0.2) is 66.7 Å². The number of hydroxylamine groups is 1. The van der Waals surface area contributed by atoms with Crippen LogP contribution >= 0.6 is 0 Å². The van der Waals surface area contributed by atoms with E-state index in [2.05, 4.69) is 51.7 Å². The van der Waals surface area contributed by atoms with Gasteiger partial charge in [-0.25, -0.2) is 0 Å². The second kappa shape index (κ2) is 19.0. The maximum Gasteiger partial charge on any atom is 0.293 e. The molecule has 245 valence electrons. The Labute approximate surface area is 298 Å². The molecule has 0 amide bonds. The molecular formula is C36H48N5O4Y-. The van der Waals surface area contributed by atoms with E-state index in [1.54, 1.807) is 0 Å². The molecule has 1 fully saturated rings. The number of hydrogen-bond acceptors (Lipinski definition) is 7. The van der Waals surface area contributed by atoms with Crippen LogP contribution in [0.25, 0.3) is 27.2 Å². The van der Waals surface area contributed by atoms with E-state index in [1.807, 2.05) is 88.7 Å². The van der Waals surface area contributed by atoms with Crippen LogP contribution in [-0.2, 0) is 53.6 Å². The monoisotopic (exact) mass is 703 g/mol. The Kier molecular flexibility index (Phi) is 16.2. The molecule has 1 atom stereocenters. The smallest absolute Gasteiger partial charge is 0.293 e. The van der Waals surface area contributed by atoms with Crippen molar-refractivity contribution in [1.29, 1.82) is 5.41 Å². The maximum absolute atomic E-state index is 11.7. The molecule has 2 N–H and O–H groups in total. The number of benzene rings is 3. The number of piperidine rings is 1. The molecule has 0 spiro atoms. The first-order valence-electron chi connectivity index (χ1n) is 15.4. The van der Waals surface area contributed by atoms with Crippen molar-refractivity contribution in [1.82, 2.24) is 14.8 Å². The minimum atomic E-state index is -0.318. The molecule has 1 saturated heterocycles. The van der Waals surface area contributed by atoms with E-state index < -0.39 is 0 Å². The van der Waals surface area contributed by atoms with Crippen LogP contribution in [0.3, 0.4) is 0 Å². The van der Waals surface area contributed by atoms with Crippen molar-refractivity contribution in [2.75, 3.05) is 27.2 Å². The zero-order valence-electron chi connectivity index (χ0n) is 28.2. The largest absolute Gasteiger partial charge is 0.573 e. The van der Waals surface area contributed by atoms with E-state index in [0.29, 0.717) is 24.3 Å². The van der Waals surface area contributed by atoms with Crippen molar-refractivity contribution >= 4 is 40.3 Å². The Bertz CT molecular complexity index is 1560. The van der Waals surface area contributed by atoms with Crippen LogP contribution < -0.4 is 5.32 Å². The summed E-state index contributed by atoms with van der Waals surface area (Å²) >= 11 is 0. The molecule has 1 aliphatic rings. The number of fused-ring (bicyclic) bond motifs is 2. The van der Waals surface area contributed by atoms with Crippen molar-refractivity contribution in [3.8, 4) is 0 Å². The summed E-state index contributed by atoms with van der Waals surface area (Å²) in [6, 6.07) is 22.6. The summed E-state index contributed by atoms with van der Waals surface area (Å²) in [6.07, 6.45) is 3.57. The molecule has 1 aliphatic heterocycles. The Balaban J connectivity index is 0.000000357. The molecule has 5 rings (SSSR count). The molecule has 4 aromatic rings. The van der Waals surface area contributed by atoms with Gasteiger partial charge >= 0.3 is 0 Å². The number of rotatable bonds is 8. The summed E-state index contributed by atoms with van der Waals surface area (Å²) in [6.45, 7) is 12.8. The minimum Gasteiger partial charge on any atom is -0.573 e. The fourth-order valence-electron chi connectivity index (χ4n) is 5.05. The maximum atomic E-state index is 11.7. The Hall–Kier alpha value is -2.95. The Morgan fingerprint density at radius 3 is 2.37 bits per heavy atom. The van der Waals surface area contributed by atoms with Crippen LogP contribution in [0.2, 0.25) is 0 Å². The third-order valence-corrected chi connectivity index (χ3v) is 7.32. The van der Waals surface area contributed by atoms with Crippen molar-refractivity contribution in [3.63, 3.8) is 0 Å². The summed E-state index contributed by atoms with van der Waals surface area (Å²) in [5.41, 5.74) is 6.86. The standard InChI is InChI=1S/C24H22N3O2.C7H16N2.C5H10O2.Y/c1-16(2)26-29-24(25)19-11-10-18-12-21(15-28)27(23(18)13-19)14-20-8-5-7-17-6-3-4-9-22(17)20;1-8-7-4-3-5-9(2)6-7;1-5(2,3)7-4-6;/h3-13,15-16,25H,14H2,1-2H3;7-8H,3-6H2,1-2H3;4H,1-3H3;/q-1;;;. The van der Waals surface area contributed by atoms with Gasteiger partial charge in [0.05, 0.1) is 5.69 Å². The zero-order valence-corrected chi connectivity index (χ0v) is 31.1. The SMILES string of the molecule is CC(C)(C)OC=O.CC(C)[N-]OC(=N)c1ccc2cc(C=O)n(Cc3cccc4ccccc34)c2c1.CNC1CCCN(C)C1.[Y]. The summed E-state index contributed by atoms with van der Waals surface area (Å²) in [7, 11) is 4.23. The third kappa shape index (κ3) is 12.0. The number of likely N-dealkylation sites (N-methyl/N-ethyl adjacent to an activating group) is 2. The number of likely N-dealkylation sites (tertiary alicyclic amines) is 1. The summed E-state index contributed by atoms with van der Waals surface area (Å²) < 4.78 is 6.54. The van der Waals surface area contributed by atoms with Crippen LogP contribution in [0, 0.1) is 5.41 Å². The fourth-order valence-corrected chi connectivity index (χ4v) is 5.05. The second-order valence-electron chi connectivity index (χ2n) is 12.5. The summed E-state index contributed by atoms with van der Waals surface area (Å²) in [4.78, 5) is 28.9. The number of nitrogens with zero attached hydrogens (tertiary/aromatic N) is 3. The molecule has 3 aromatic carbocycles. The van der Waals surface area contributed by atoms with Gasteiger partial charge in [0, 0.05) is 68.3 Å². The number of nitrogens with one attached hydrogen (secondary N) is 2. The van der Waals surface area contributed by atoms with E-state index in [0.717, 1.165) is 34.2 Å². The molecule has 2 heterocycles. The first-order chi connectivity index (χ1) is 21.4. The van der Waals surface area contributed by atoms with Crippen molar-refractivity contribution in [2.24, 2.45) is 0 Å². The molecule has 10 heteroatoms. The van der Waals surface area contributed by atoms with Gasteiger partial charge in [0.15, 0.2) is 12.2 Å². The van der Waals surface area contributed by atoms with Gasteiger partial charge in [-0.3, -0.25) is 15.0 Å². The molecule has 0 bridgehead atoms. The summed E-state index contributed by atoms with van der Waals surface area (Å²) in [5.74, 6) is -0.00818. The molecular weight excluding hydrogens is 655 g/mol. The predicted octanol–water partition coefficient (Wildman–Crippen LogP) is 6.95. The van der Waals surface area contributed by atoms with Crippen molar-refractivity contribution < 1.29 is 51.9 Å². The van der Waals surface area contributed by atoms with E-state index in [9.17, 15) is 9.59 Å². The first kappa shape index (κ1) is 39.2. The Morgan fingerprint density at radius 1 is 1.07 bits per heavy atom. The topological polar surface area (TPSA) is 111 Å². The van der Waals surface area contributed by atoms with Crippen LogP contribution in [0.1, 0.15) is 69.1 Å². The quantitative estimate of drug-likeness (QED) is 0.0890. The predicted molar refractivity (Wildman–Crippen MR) is 183 cm³/mol. The van der Waals surface area contributed by atoms with Crippen LogP contribution in [0.4, 0.5) is 0 Å². The van der Waals surface area contributed by atoms with Crippen molar-refractivity contribution in [2.45, 2.75) is 71.7 Å². The van der Waals surface area contributed by atoms with Gasteiger partial charge in [-0.1, -0.05) is 62.4 Å². The van der Waals surface area contributed by atoms with Gasteiger partial charge in [-0.15, -0.1) is 6.04 Å². The molecule has 9 nitrogen and oxygen atoms in total. The van der Waals surface area contributed by atoms with Crippen LogP contribution in [-0.4, -0.2) is 73.0 Å². The van der Waals surface area contributed by atoms with Gasteiger partial charge in [0.1, 0.15) is 5.60 Å². The van der Waals surface area contributed by atoms with Gasteiger partial charge < -0.3 is 29.8 Å². The van der Waals surface area contributed by atoms with Gasteiger partial charge in [0.25, 0.3) is 6.47 Å². The van der Waals surface area contributed by atoms with Gasteiger partial charge in [-0.2, -0.15) is 0 Å². The number of aldehydes is 1. The van der Waals surface area contributed by atoms with E-state index in [-0.39, 0.29) is 50.2 Å².